The minimum Gasteiger partial charge on any atom is -0.373 e. The molecule has 1 aliphatic rings. The van der Waals surface area contributed by atoms with Gasteiger partial charge in [0.25, 0.3) is 0 Å². The zero-order valence-electron chi connectivity index (χ0n) is 13.7. The molecule has 2 heterocycles. The van der Waals surface area contributed by atoms with Gasteiger partial charge in [-0.25, -0.2) is 4.98 Å². The van der Waals surface area contributed by atoms with Gasteiger partial charge in [-0.1, -0.05) is 30.3 Å². The Bertz CT molecular complexity index is 658. The molecule has 1 fully saturated rings. The molecule has 1 aromatic carbocycles. The number of likely N-dealkylation sites (tertiary alicyclic amines) is 1. The van der Waals surface area contributed by atoms with Gasteiger partial charge in [0.05, 0.1) is 24.0 Å². The number of aromatic amines is 1. The fraction of sp³-hybridized carbons (Fsp3) is 0.444. The van der Waals surface area contributed by atoms with E-state index >= 15 is 0 Å². The lowest BCUT2D eigenvalue weighted by Gasteiger charge is -2.41. The zero-order valence-corrected chi connectivity index (χ0v) is 13.7. The van der Waals surface area contributed by atoms with Crippen molar-refractivity contribution in [3.8, 4) is 0 Å². The molecule has 0 spiro atoms. The van der Waals surface area contributed by atoms with E-state index in [1.165, 1.54) is 5.56 Å². The Labute approximate surface area is 136 Å². The summed E-state index contributed by atoms with van der Waals surface area (Å²) in [6.45, 7) is 3.37. The number of hydrogen-bond donors (Lipinski definition) is 1. The Hall–Kier alpha value is -2.14. The molecule has 1 N–H and O–H groups in total. The summed E-state index contributed by atoms with van der Waals surface area (Å²) in [4.78, 5) is 21.6. The highest BCUT2D eigenvalue weighted by Crippen LogP contribution is 2.36. The van der Waals surface area contributed by atoms with E-state index in [2.05, 4.69) is 22.1 Å². The van der Waals surface area contributed by atoms with E-state index in [0.717, 1.165) is 24.2 Å². The summed E-state index contributed by atoms with van der Waals surface area (Å²) in [7, 11) is 1.76. The van der Waals surface area contributed by atoms with E-state index in [1.54, 1.807) is 13.4 Å². The maximum atomic E-state index is 12.5. The molecule has 0 radical (unpaired) electrons. The number of aromatic nitrogens is 2. The number of aryl methyl sites for hydroxylation is 1. The van der Waals surface area contributed by atoms with Crippen LogP contribution in [0.1, 0.15) is 29.8 Å². The molecular formula is C18H23N3O2. The van der Waals surface area contributed by atoms with Crippen molar-refractivity contribution in [2.24, 2.45) is 0 Å². The normalized spacial score (nSPS) is 17.2. The summed E-state index contributed by atoms with van der Waals surface area (Å²) < 4.78 is 5.86. The third kappa shape index (κ3) is 3.15. The lowest BCUT2D eigenvalue weighted by molar-refractivity contribution is -0.136. The fourth-order valence-corrected chi connectivity index (χ4v) is 3.29. The van der Waals surface area contributed by atoms with Crippen LogP contribution in [0.4, 0.5) is 0 Å². The molecular weight excluding hydrogens is 290 g/mol. The van der Waals surface area contributed by atoms with Gasteiger partial charge in [0.1, 0.15) is 0 Å². The van der Waals surface area contributed by atoms with E-state index in [0.29, 0.717) is 19.5 Å². The summed E-state index contributed by atoms with van der Waals surface area (Å²) in [6.07, 6.45) is 3.64. The lowest BCUT2D eigenvalue weighted by atomic mass is 9.84. The number of ether oxygens (including phenoxy) is 1. The van der Waals surface area contributed by atoms with Gasteiger partial charge in [-0.15, -0.1) is 0 Å². The quantitative estimate of drug-likeness (QED) is 0.943. The van der Waals surface area contributed by atoms with Crippen molar-refractivity contribution >= 4 is 5.91 Å². The third-order valence-electron chi connectivity index (χ3n) is 4.87. The molecule has 0 saturated carbocycles. The molecule has 5 heteroatoms. The van der Waals surface area contributed by atoms with Gasteiger partial charge >= 0.3 is 0 Å². The molecule has 1 saturated heterocycles. The van der Waals surface area contributed by atoms with Gasteiger partial charge in [0, 0.05) is 25.9 Å². The first-order valence-electron chi connectivity index (χ1n) is 8.02. The van der Waals surface area contributed by atoms with Crippen LogP contribution in [-0.4, -0.2) is 41.0 Å². The van der Waals surface area contributed by atoms with Crippen LogP contribution in [0.25, 0.3) is 0 Å². The van der Waals surface area contributed by atoms with Gasteiger partial charge in [0.2, 0.25) is 5.91 Å². The van der Waals surface area contributed by atoms with Gasteiger partial charge in [-0.05, 0) is 25.3 Å². The average Bonchev–Trinajstić information content (AvgIpc) is 3.00. The van der Waals surface area contributed by atoms with Crippen molar-refractivity contribution in [1.29, 1.82) is 0 Å². The number of rotatable bonds is 4. The van der Waals surface area contributed by atoms with Crippen LogP contribution in [0.3, 0.4) is 0 Å². The second kappa shape index (κ2) is 6.54. The number of hydrogen-bond acceptors (Lipinski definition) is 3. The smallest absolute Gasteiger partial charge is 0.228 e. The van der Waals surface area contributed by atoms with Gasteiger partial charge in [-0.3, -0.25) is 4.79 Å². The Morgan fingerprint density at radius 3 is 2.57 bits per heavy atom. The Morgan fingerprint density at radius 1 is 1.30 bits per heavy atom. The molecule has 0 atom stereocenters. The number of carbonyl (C=O) groups excluding carboxylic acids is 1. The number of amides is 1. The standard InChI is InChI=1S/C18H23N3O2/c1-14-16(20-13-19-14)12-17(22)21-10-8-18(23-2,9-11-21)15-6-4-3-5-7-15/h3-7,13H,8-12H2,1-2H3,(H,19,20). The van der Waals surface area contributed by atoms with Crippen molar-refractivity contribution < 1.29 is 9.53 Å². The molecule has 5 nitrogen and oxygen atoms in total. The van der Waals surface area contributed by atoms with Crippen LogP contribution in [0.15, 0.2) is 36.7 Å². The van der Waals surface area contributed by atoms with Crippen LogP contribution in [0.5, 0.6) is 0 Å². The SMILES string of the molecule is COC1(c2ccccc2)CCN(C(=O)Cc2nc[nH]c2C)CC1. The predicted molar refractivity (Wildman–Crippen MR) is 88.0 cm³/mol. The summed E-state index contributed by atoms with van der Waals surface area (Å²) in [6, 6.07) is 10.3. The second-order valence-electron chi connectivity index (χ2n) is 6.10. The van der Waals surface area contributed by atoms with Gasteiger partial charge in [0.15, 0.2) is 0 Å². The van der Waals surface area contributed by atoms with E-state index in [-0.39, 0.29) is 11.5 Å². The minimum atomic E-state index is -0.277. The summed E-state index contributed by atoms with van der Waals surface area (Å²) in [5.41, 5.74) is 2.71. The average molecular weight is 313 g/mol. The van der Waals surface area contributed by atoms with Crippen LogP contribution in [-0.2, 0) is 21.6 Å². The number of nitrogens with zero attached hydrogens (tertiary/aromatic N) is 2. The van der Waals surface area contributed by atoms with Crippen molar-refractivity contribution in [3.63, 3.8) is 0 Å². The first-order valence-corrected chi connectivity index (χ1v) is 8.02. The zero-order chi connectivity index (χ0) is 16.3. The van der Waals surface area contributed by atoms with Gasteiger partial charge < -0.3 is 14.6 Å². The van der Waals surface area contributed by atoms with Crippen LogP contribution >= 0.6 is 0 Å². The predicted octanol–water partition coefficient (Wildman–Crippen LogP) is 2.42. The number of carbonyl (C=O) groups is 1. The highest BCUT2D eigenvalue weighted by Gasteiger charge is 2.37. The van der Waals surface area contributed by atoms with Gasteiger partial charge in [-0.2, -0.15) is 0 Å². The minimum absolute atomic E-state index is 0.137. The lowest BCUT2D eigenvalue weighted by Crippen LogP contribution is -2.46. The Kier molecular flexibility index (Phi) is 4.48. The van der Waals surface area contributed by atoms with E-state index in [4.69, 9.17) is 4.74 Å². The topological polar surface area (TPSA) is 58.2 Å². The molecule has 0 unspecified atom stereocenters. The molecule has 1 aliphatic heterocycles. The maximum Gasteiger partial charge on any atom is 0.228 e. The first-order chi connectivity index (χ1) is 11.1. The van der Waals surface area contributed by atoms with E-state index in [9.17, 15) is 4.79 Å². The number of nitrogens with one attached hydrogen (secondary N) is 1. The maximum absolute atomic E-state index is 12.5. The molecule has 122 valence electrons. The third-order valence-corrected chi connectivity index (χ3v) is 4.87. The fourth-order valence-electron chi connectivity index (χ4n) is 3.29. The largest absolute Gasteiger partial charge is 0.373 e. The molecule has 23 heavy (non-hydrogen) atoms. The van der Waals surface area contributed by atoms with Crippen LogP contribution in [0, 0.1) is 6.92 Å². The molecule has 1 amide bonds. The number of H-pyrrole nitrogens is 1. The summed E-state index contributed by atoms with van der Waals surface area (Å²) >= 11 is 0. The molecule has 2 aromatic rings. The van der Waals surface area contributed by atoms with E-state index < -0.39 is 0 Å². The number of imidazole rings is 1. The summed E-state index contributed by atoms with van der Waals surface area (Å²) in [5.74, 6) is 0.137. The van der Waals surface area contributed by atoms with E-state index in [1.807, 2.05) is 30.0 Å². The molecule has 3 rings (SSSR count). The van der Waals surface area contributed by atoms with Crippen molar-refractivity contribution in [2.45, 2.75) is 31.8 Å². The Morgan fingerprint density at radius 2 is 2.00 bits per heavy atom. The summed E-state index contributed by atoms with van der Waals surface area (Å²) in [5, 5.41) is 0. The van der Waals surface area contributed by atoms with Crippen LogP contribution in [0.2, 0.25) is 0 Å². The monoisotopic (exact) mass is 313 g/mol. The Balaban J connectivity index is 1.65. The number of benzene rings is 1. The van der Waals surface area contributed by atoms with Crippen molar-refractivity contribution in [3.05, 3.63) is 53.6 Å². The highest BCUT2D eigenvalue weighted by atomic mass is 16.5. The van der Waals surface area contributed by atoms with Crippen molar-refractivity contribution in [1.82, 2.24) is 14.9 Å². The van der Waals surface area contributed by atoms with Crippen LogP contribution < -0.4 is 0 Å². The number of methoxy groups -OCH3 is 1. The highest BCUT2D eigenvalue weighted by molar-refractivity contribution is 5.78. The number of piperidine rings is 1. The molecule has 0 aliphatic carbocycles. The van der Waals surface area contributed by atoms with Crippen molar-refractivity contribution in [2.75, 3.05) is 20.2 Å². The molecule has 0 bridgehead atoms. The first kappa shape index (κ1) is 15.7. The molecule has 1 aromatic heterocycles. The second-order valence-corrected chi connectivity index (χ2v) is 6.10.